The molecular weight excluding hydrogens is 238 g/mol. The van der Waals surface area contributed by atoms with E-state index in [-0.39, 0.29) is 11.8 Å². The smallest absolute Gasteiger partial charge is 0.235 e. The fourth-order valence-corrected chi connectivity index (χ4v) is 1.66. The molecule has 94 valence electrons. The second kappa shape index (κ2) is 5.92. The van der Waals surface area contributed by atoms with Crippen LogP contribution >= 0.6 is 11.6 Å². The van der Waals surface area contributed by atoms with Crippen molar-refractivity contribution in [3.63, 3.8) is 0 Å². The van der Waals surface area contributed by atoms with Crippen LogP contribution in [-0.2, 0) is 10.3 Å². The molecule has 0 saturated heterocycles. The van der Waals surface area contributed by atoms with Gasteiger partial charge in [-0.05, 0) is 38.5 Å². The largest absolute Gasteiger partial charge is 0.494 e. The maximum Gasteiger partial charge on any atom is 0.235 e. The lowest BCUT2D eigenvalue weighted by Gasteiger charge is -2.26. The molecular formula is C13H18ClNO2. The number of rotatable bonds is 5. The zero-order valence-corrected chi connectivity index (χ0v) is 11.2. The summed E-state index contributed by atoms with van der Waals surface area (Å²) in [7, 11) is 0. The van der Waals surface area contributed by atoms with Crippen LogP contribution in [0.2, 0.25) is 0 Å². The Morgan fingerprint density at radius 2 is 1.94 bits per heavy atom. The maximum atomic E-state index is 11.3. The van der Waals surface area contributed by atoms with Crippen LogP contribution in [-0.4, -0.2) is 18.4 Å². The van der Waals surface area contributed by atoms with Gasteiger partial charge in [-0.3, -0.25) is 4.79 Å². The number of hydrogen-bond donors (Lipinski definition) is 1. The third-order valence-electron chi connectivity index (χ3n) is 2.46. The van der Waals surface area contributed by atoms with Gasteiger partial charge in [-0.1, -0.05) is 12.1 Å². The summed E-state index contributed by atoms with van der Waals surface area (Å²) in [6.45, 7) is 6.46. The number of nitrogens with one attached hydrogen (secondary N) is 1. The van der Waals surface area contributed by atoms with Crippen LogP contribution in [0.15, 0.2) is 24.3 Å². The lowest BCUT2D eigenvalue weighted by Crippen LogP contribution is -2.41. The second-order valence-electron chi connectivity index (χ2n) is 4.26. The molecule has 4 heteroatoms. The Hall–Kier alpha value is -1.22. The molecule has 1 aromatic rings. The molecule has 0 unspecified atom stereocenters. The number of carbonyl (C=O) groups excluding carboxylic acids is 1. The quantitative estimate of drug-likeness (QED) is 0.822. The summed E-state index contributed by atoms with van der Waals surface area (Å²) in [5.74, 6) is 0.627. The predicted molar refractivity (Wildman–Crippen MR) is 69.5 cm³/mol. The molecule has 0 aliphatic heterocycles. The molecule has 0 fully saturated rings. The summed E-state index contributed by atoms with van der Waals surface area (Å²) in [4.78, 5) is 11.3. The predicted octanol–water partition coefficient (Wildman–Crippen LogP) is 2.68. The van der Waals surface area contributed by atoms with Gasteiger partial charge in [0.15, 0.2) is 0 Å². The van der Waals surface area contributed by atoms with E-state index in [2.05, 4.69) is 5.32 Å². The monoisotopic (exact) mass is 255 g/mol. The second-order valence-corrected chi connectivity index (χ2v) is 4.53. The van der Waals surface area contributed by atoms with Gasteiger partial charge in [0.2, 0.25) is 5.91 Å². The van der Waals surface area contributed by atoms with Crippen molar-refractivity contribution in [1.82, 2.24) is 5.32 Å². The van der Waals surface area contributed by atoms with E-state index >= 15 is 0 Å². The molecule has 0 saturated carbocycles. The number of amides is 1. The highest BCUT2D eigenvalue weighted by Gasteiger charge is 2.22. The first-order valence-corrected chi connectivity index (χ1v) is 6.13. The fourth-order valence-electron chi connectivity index (χ4n) is 1.59. The fraction of sp³-hybridized carbons (Fsp3) is 0.462. The van der Waals surface area contributed by atoms with Crippen LogP contribution < -0.4 is 10.1 Å². The van der Waals surface area contributed by atoms with Gasteiger partial charge in [-0.25, -0.2) is 0 Å². The molecule has 0 bridgehead atoms. The van der Waals surface area contributed by atoms with Crippen molar-refractivity contribution < 1.29 is 9.53 Å². The van der Waals surface area contributed by atoms with E-state index in [0.717, 1.165) is 11.3 Å². The van der Waals surface area contributed by atoms with Gasteiger partial charge in [0, 0.05) is 0 Å². The normalized spacial score (nSPS) is 11.1. The van der Waals surface area contributed by atoms with Gasteiger partial charge in [0.25, 0.3) is 0 Å². The first-order chi connectivity index (χ1) is 7.99. The lowest BCUT2D eigenvalue weighted by molar-refractivity contribution is -0.120. The van der Waals surface area contributed by atoms with Crippen LogP contribution in [0.25, 0.3) is 0 Å². The zero-order valence-electron chi connectivity index (χ0n) is 10.4. The van der Waals surface area contributed by atoms with Crippen molar-refractivity contribution in [1.29, 1.82) is 0 Å². The van der Waals surface area contributed by atoms with E-state index in [1.165, 1.54) is 0 Å². The molecule has 1 amide bonds. The molecule has 0 aromatic heterocycles. The lowest BCUT2D eigenvalue weighted by atomic mass is 9.94. The minimum absolute atomic E-state index is 0.0273. The van der Waals surface area contributed by atoms with E-state index in [1.807, 2.05) is 45.0 Å². The summed E-state index contributed by atoms with van der Waals surface area (Å²) < 4.78 is 5.37. The Balaban J connectivity index is 2.80. The van der Waals surface area contributed by atoms with Crippen molar-refractivity contribution in [2.45, 2.75) is 26.3 Å². The van der Waals surface area contributed by atoms with Gasteiger partial charge in [-0.15, -0.1) is 11.6 Å². The van der Waals surface area contributed by atoms with Crippen molar-refractivity contribution in [2.75, 3.05) is 12.5 Å². The molecule has 0 aliphatic carbocycles. The van der Waals surface area contributed by atoms with Crippen LogP contribution in [0.4, 0.5) is 0 Å². The first kappa shape index (κ1) is 13.8. The summed E-state index contributed by atoms with van der Waals surface area (Å²) >= 11 is 5.48. The van der Waals surface area contributed by atoms with Crippen LogP contribution in [0.5, 0.6) is 5.75 Å². The Morgan fingerprint density at radius 1 is 1.35 bits per heavy atom. The highest BCUT2D eigenvalue weighted by molar-refractivity contribution is 6.27. The molecule has 1 rings (SSSR count). The van der Waals surface area contributed by atoms with E-state index in [1.54, 1.807) is 0 Å². The van der Waals surface area contributed by atoms with Crippen molar-refractivity contribution in [3.8, 4) is 5.75 Å². The first-order valence-electron chi connectivity index (χ1n) is 5.60. The maximum absolute atomic E-state index is 11.3. The molecule has 0 aliphatic rings. The molecule has 0 atom stereocenters. The van der Waals surface area contributed by atoms with Gasteiger partial charge in [0.05, 0.1) is 12.1 Å². The number of hydrogen-bond acceptors (Lipinski definition) is 2. The SMILES string of the molecule is CCOc1ccc(C(C)(C)NC(=O)CCl)cc1. The third kappa shape index (κ3) is 3.93. The Morgan fingerprint density at radius 3 is 2.41 bits per heavy atom. The third-order valence-corrected chi connectivity index (χ3v) is 2.70. The van der Waals surface area contributed by atoms with Crippen LogP contribution in [0, 0.1) is 0 Å². The van der Waals surface area contributed by atoms with Crippen LogP contribution in [0.3, 0.4) is 0 Å². The molecule has 17 heavy (non-hydrogen) atoms. The number of alkyl halides is 1. The minimum atomic E-state index is -0.434. The van der Waals surface area contributed by atoms with Crippen molar-refractivity contribution >= 4 is 17.5 Å². The molecule has 1 aromatic carbocycles. The average molecular weight is 256 g/mol. The Bertz CT molecular complexity index is 374. The summed E-state index contributed by atoms with van der Waals surface area (Å²) in [5.41, 5.74) is 0.580. The number of ether oxygens (including phenoxy) is 1. The average Bonchev–Trinajstić information content (AvgIpc) is 2.29. The van der Waals surface area contributed by atoms with E-state index in [9.17, 15) is 4.79 Å². The van der Waals surface area contributed by atoms with Gasteiger partial charge in [-0.2, -0.15) is 0 Å². The number of halogens is 1. The van der Waals surface area contributed by atoms with E-state index < -0.39 is 5.54 Å². The summed E-state index contributed by atoms with van der Waals surface area (Å²) in [5, 5.41) is 2.86. The standard InChI is InChI=1S/C13H18ClNO2/c1-4-17-11-7-5-10(6-8-11)13(2,3)15-12(16)9-14/h5-8H,4,9H2,1-3H3,(H,15,16). The molecule has 0 spiro atoms. The number of carbonyl (C=O) groups is 1. The van der Waals surface area contributed by atoms with E-state index in [0.29, 0.717) is 6.61 Å². The van der Waals surface area contributed by atoms with Crippen molar-refractivity contribution in [3.05, 3.63) is 29.8 Å². The van der Waals surface area contributed by atoms with Crippen LogP contribution in [0.1, 0.15) is 26.3 Å². The summed E-state index contributed by atoms with van der Waals surface area (Å²) in [6, 6.07) is 7.68. The minimum Gasteiger partial charge on any atom is -0.494 e. The highest BCUT2D eigenvalue weighted by Crippen LogP contribution is 2.22. The Labute approximate surface area is 107 Å². The number of benzene rings is 1. The van der Waals surface area contributed by atoms with E-state index in [4.69, 9.17) is 16.3 Å². The van der Waals surface area contributed by atoms with Gasteiger partial charge >= 0.3 is 0 Å². The summed E-state index contributed by atoms with van der Waals surface area (Å²) in [6.07, 6.45) is 0. The highest BCUT2D eigenvalue weighted by atomic mass is 35.5. The molecule has 3 nitrogen and oxygen atoms in total. The van der Waals surface area contributed by atoms with Gasteiger partial charge in [0.1, 0.15) is 11.6 Å². The molecule has 1 N–H and O–H groups in total. The topological polar surface area (TPSA) is 38.3 Å². The van der Waals surface area contributed by atoms with Crippen molar-refractivity contribution in [2.24, 2.45) is 0 Å². The van der Waals surface area contributed by atoms with Gasteiger partial charge < -0.3 is 10.1 Å². The Kier molecular flexibility index (Phi) is 4.82. The molecule has 0 radical (unpaired) electrons. The zero-order chi connectivity index (χ0) is 12.9. The molecule has 0 heterocycles.